The van der Waals surface area contributed by atoms with E-state index in [1.165, 1.54) is 7.11 Å². The molecular weight excluding hydrogens is 182 g/mol. The van der Waals surface area contributed by atoms with Crippen LogP contribution in [0.1, 0.15) is 6.92 Å². The van der Waals surface area contributed by atoms with Crippen LogP contribution in [0.5, 0.6) is 5.75 Å². The molecule has 0 aromatic heterocycles. The topological polar surface area (TPSA) is 47.6 Å². The van der Waals surface area contributed by atoms with Crippen molar-refractivity contribution in [3.63, 3.8) is 0 Å². The zero-order chi connectivity index (χ0) is 10.4. The molecule has 0 atom stereocenters. The highest BCUT2D eigenvalue weighted by Gasteiger charge is 2.00. The molecule has 4 nitrogen and oxygen atoms in total. The van der Waals surface area contributed by atoms with Crippen LogP contribution in [0.15, 0.2) is 24.3 Å². The van der Waals surface area contributed by atoms with Gasteiger partial charge in [-0.25, -0.2) is 4.79 Å². The average molecular weight is 195 g/mol. The van der Waals surface area contributed by atoms with Crippen LogP contribution >= 0.6 is 0 Å². The Morgan fingerprint density at radius 3 is 2.93 bits per heavy atom. The summed E-state index contributed by atoms with van der Waals surface area (Å²) < 4.78 is 9.73. The molecule has 1 N–H and O–H groups in total. The quantitative estimate of drug-likeness (QED) is 0.804. The molecule has 0 aliphatic rings. The summed E-state index contributed by atoms with van der Waals surface area (Å²) in [5.74, 6) is 0.724. The van der Waals surface area contributed by atoms with E-state index in [0.29, 0.717) is 12.3 Å². The molecule has 1 rings (SSSR count). The zero-order valence-electron chi connectivity index (χ0n) is 8.24. The van der Waals surface area contributed by atoms with Crippen molar-refractivity contribution in [1.82, 2.24) is 0 Å². The molecule has 0 bridgehead atoms. The minimum atomic E-state index is -0.487. The van der Waals surface area contributed by atoms with Gasteiger partial charge in [-0.05, 0) is 19.1 Å². The number of benzene rings is 1. The van der Waals surface area contributed by atoms with Gasteiger partial charge in [0.05, 0.1) is 13.7 Å². The highest BCUT2D eigenvalue weighted by atomic mass is 16.5. The van der Waals surface area contributed by atoms with Crippen LogP contribution in [0.4, 0.5) is 10.5 Å². The second-order valence-corrected chi connectivity index (χ2v) is 2.58. The highest BCUT2D eigenvalue weighted by molar-refractivity contribution is 5.84. The van der Waals surface area contributed by atoms with Gasteiger partial charge in [0.15, 0.2) is 0 Å². The number of ether oxygens (including phenoxy) is 2. The van der Waals surface area contributed by atoms with Gasteiger partial charge in [0.2, 0.25) is 0 Å². The van der Waals surface area contributed by atoms with Gasteiger partial charge >= 0.3 is 6.09 Å². The lowest BCUT2D eigenvalue weighted by atomic mass is 10.3. The Labute approximate surface area is 82.8 Å². The largest absolute Gasteiger partial charge is 0.494 e. The van der Waals surface area contributed by atoms with Gasteiger partial charge in [0.25, 0.3) is 0 Å². The van der Waals surface area contributed by atoms with E-state index in [-0.39, 0.29) is 0 Å². The molecule has 4 heteroatoms. The van der Waals surface area contributed by atoms with Gasteiger partial charge < -0.3 is 9.47 Å². The standard InChI is InChI=1S/C10H13NO3/c1-3-14-9-6-4-5-8(7-9)11-10(12)13-2/h4-7H,3H2,1-2H3,(H,11,12). The van der Waals surface area contributed by atoms with Gasteiger partial charge in [0, 0.05) is 11.8 Å². The molecule has 0 fully saturated rings. The smallest absolute Gasteiger partial charge is 0.411 e. The van der Waals surface area contributed by atoms with E-state index < -0.39 is 6.09 Å². The first-order chi connectivity index (χ1) is 6.76. The lowest BCUT2D eigenvalue weighted by molar-refractivity contribution is 0.187. The van der Waals surface area contributed by atoms with E-state index in [1.54, 1.807) is 18.2 Å². The van der Waals surface area contributed by atoms with E-state index in [9.17, 15) is 4.79 Å². The van der Waals surface area contributed by atoms with Gasteiger partial charge in [-0.15, -0.1) is 0 Å². The van der Waals surface area contributed by atoms with Gasteiger partial charge in [-0.1, -0.05) is 6.07 Å². The molecule has 0 heterocycles. The molecule has 14 heavy (non-hydrogen) atoms. The molecule has 0 aliphatic heterocycles. The molecular formula is C10H13NO3. The van der Waals surface area contributed by atoms with Gasteiger partial charge in [0.1, 0.15) is 5.75 Å². The van der Waals surface area contributed by atoms with Crippen LogP contribution in [0.25, 0.3) is 0 Å². The fraction of sp³-hybridized carbons (Fsp3) is 0.300. The lowest BCUT2D eigenvalue weighted by Crippen LogP contribution is -2.10. The third-order valence-corrected chi connectivity index (χ3v) is 1.58. The monoisotopic (exact) mass is 195 g/mol. The maximum atomic E-state index is 10.9. The molecule has 0 unspecified atom stereocenters. The summed E-state index contributed by atoms with van der Waals surface area (Å²) in [7, 11) is 1.32. The maximum Gasteiger partial charge on any atom is 0.411 e. The zero-order valence-corrected chi connectivity index (χ0v) is 8.24. The summed E-state index contributed by atoms with van der Waals surface area (Å²) in [6.07, 6.45) is -0.487. The minimum absolute atomic E-state index is 0.487. The van der Waals surface area contributed by atoms with Crippen molar-refractivity contribution in [2.45, 2.75) is 6.92 Å². The summed E-state index contributed by atoms with van der Waals surface area (Å²) >= 11 is 0. The number of hydrogen-bond acceptors (Lipinski definition) is 3. The summed E-state index contributed by atoms with van der Waals surface area (Å²) in [6.45, 7) is 2.50. The molecule has 0 spiro atoms. The van der Waals surface area contributed by atoms with Crippen LogP contribution in [-0.2, 0) is 4.74 Å². The number of methoxy groups -OCH3 is 1. The molecule has 1 aromatic carbocycles. The Morgan fingerprint density at radius 1 is 1.50 bits per heavy atom. The number of carbonyl (C=O) groups excluding carboxylic acids is 1. The summed E-state index contributed by atoms with van der Waals surface area (Å²) in [5, 5.41) is 2.55. The van der Waals surface area contributed by atoms with Crippen LogP contribution in [0.3, 0.4) is 0 Å². The van der Waals surface area contributed by atoms with Crippen LogP contribution < -0.4 is 10.1 Å². The Bertz CT molecular complexity index is 312. The molecule has 0 saturated heterocycles. The molecule has 1 aromatic rings. The van der Waals surface area contributed by atoms with Crippen molar-refractivity contribution in [3.8, 4) is 5.75 Å². The maximum absolute atomic E-state index is 10.9. The number of rotatable bonds is 3. The third-order valence-electron chi connectivity index (χ3n) is 1.58. The first-order valence-corrected chi connectivity index (χ1v) is 4.34. The van der Waals surface area contributed by atoms with Gasteiger partial charge in [-0.3, -0.25) is 5.32 Å². The predicted molar refractivity (Wildman–Crippen MR) is 53.6 cm³/mol. The normalized spacial score (nSPS) is 9.29. The number of nitrogens with one attached hydrogen (secondary N) is 1. The first kappa shape index (κ1) is 10.4. The minimum Gasteiger partial charge on any atom is -0.494 e. The number of carbonyl (C=O) groups is 1. The predicted octanol–water partition coefficient (Wildman–Crippen LogP) is 2.26. The average Bonchev–Trinajstić information content (AvgIpc) is 2.19. The SMILES string of the molecule is CCOc1cccc(NC(=O)OC)c1. The van der Waals surface area contributed by atoms with Crippen LogP contribution in [-0.4, -0.2) is 19.8 Å². The molecule has 76 valence electrons. The Balaban J connectivity index is 2.68. The van der Waals surface area contributed by atoms with E-state index in [0.717, 1.165) is 5.75 Å². The van der Waals surface area contributed by atoms with Crippen molar-refractivity contribution < 1.29 is 14.3 Å². The Hall–Kier alpha value is -1.71. The van der Waals surface area contributed by atoms with Crippen molar-refractivity contribution in [2.24, 2.45) is 0 Å². The third kappa shape index (κ3) is 2.97. The molecule has 0 saturated carbocycles. The summed E-state index contributed by atoms with van der Waals surface area (Å²) in [6, 6.07) is 7.13. The van der Waals surface area contributed by atoms with Crippen molar-refractivity contribution in [2.75, 3.05) is 19.0 Å². The Kier molecular flexibility index (Phi) is 3.79. The van der Waals surface area contributed by atoms with E-state index in [1.807, 2.05) is 13.0 Å². The summed E-state index contributed by atoms with van der Waals surface area (Å²) in [4.78, 5) is 10.9. The van der Waals surface area contributed by atoms with Crippen molar-refractivity contribution >= 4 is 11.8 Å². The fourth-order valence-electron chi connectivity index (χ4n) is 0.999. The highest BCUT2D eigenvalue weighted by Crippen LogP contribution is 2.17. The second-order valence-electron chi connectivity index (χ2n) is 2.58. The number of amides is 1. The molecule has 1 amide bonds. The van der Waals surface area contributed by atoms with Crippen LogP contribution in [0, 0.1) is 0 Å². The first-order valence-electron chi connectivity index (χ1n) is 4.34. The fourth-order valence-corrected chi connectivity index (χ4v) is 0.999. The van der Waals surface area contributed by atoms with Crippen molar-refractivity contribution in [1.29, 1.82) is 0 Å². The van der Waals surface area contributed by atoms with E-state index in [2.05, 4.69) is 10.1 Å². The summed E-state index contributed by atoms with van der Waals surface area (Å²) in [5.41, 5.74) is 0.655. The van der Waals surface area contributed by atoms with E-state index >= 15 is 0 Å². The van der Waals surface area contributed by atoms with Crippen LogP contribution in [0.2, 0.25) is 0 Å². The van der Waals surface area contributed by atoms with Crippen molar-refractivity contribution in [3.05, 3.63) is 24.3 Å². The van der Waals surface area contributed by atoms with Gasteiger partial charge in [-0.2, -0.15) is 0 Å². The molecule has 0 aliphatic carbocycles. The van der Waals surface area contributed by atoms with E-state index in [4.69, 9.17) is 4.74 Å². The lowest BCUT2D eigenvalue weighted by Gasteiger charge is -2.06. The second kappa shape index (κ2) is 5.11. The number of hydrogen-bond donors (Lipinski definition) is 1. The molecule has 0 radical (unpaired) electrons. The number of anilines is 1. The Morgan fingerprint density at radius 2 is 2.29 bits per heavy atom.